The molecule has 1 atom stereocenters. The van der Waals surface area contributed by atoms with Crippen molar-refractivity contribution >= 4 is 23.3 Å². The van der Waals surface area contributed by atoms with Gasteiger partial charge in [0, 0.05) is 16.8 Å². The van der Waals surface area contributed by atoms with Crippen molar-refractivity contribution in [1.82, 2.24) is 9.78 Å². The Morgan fingerprint density at radius 2 is 1.69 bits per heavy atom. The normalized spacial score (nSPS) is 15.3. The fourth-order valence-electron chi connectivity index (χ4n) is 3.81. The van der Waals surface area contributed by atoms with E-state index in [2.05, 4.69) is 5.10 Å². The standard InChI is InChI=1S/C25H25N3O4/c1-5-22-25(31)27(14-21(29)18-8-6-15(2)7-9-18)20-13-19(10-11-23(20)32-22)24(30)28-17(4)12-16(3)26-28/h6-13,22H,5,14H2,1-4H3/t22-/m0/s1. The second-order valence-electron chi connectivity index (χ2n) is 8.05. The highest BCUT2D eigenvalue weighted by atomic mass is 16.5. The number of fused-ring (bicyclic) bond motifs is 1. The molecule has 0 aliphatic carbocycles. The second kappa shape index (κ2) is 8.42. The van der Waals surface area contributed by atoms with E-state index < -0.39 is 6.10 Å². The Hall–Kier alpha value is -3.74. The Morgan fingerprint density at radius 1 is 1.00 bits per heavy atom. The number of carbonyl (C=O) groups is 3. The van der Waals surface area contributed by atoms with Crippen LogP contribution in [-0.2, 0) is 4.79 Å². The lowest BCUT2D eigenvalue weighted by molar-refractivity contribution is -0.126. The van der Waals surface area contributed by atoms with E-state index in [4.69, 9.17) is 4.74 Å². The molecule has 1 aromatic heterocycles. The molecule has 0 fully saturated rings. The third-order valence-corrected chi connectivity index (χ3v) is 5.56. The number of aromatic nitrogens is 2. The van der Waals surface area contributed by atoms with E-state index in [1.807, 2.05) is 39.0 Å². The van der Waals surface area contributed by atoms with E-state index in [1.165, 1.54) is 9.58 Å². The summed E-state index contributed by atoms with van der Waals surface area (Å²) < 4.78 is 7.19. The number of hydrogen-bond acceptors (Lipinski definition) is 5. The summed E-state index contributed by atoms with van der Waals surface area (Å²) in [5.74, 6) is -0.321. The molecule has 0 saturated heterocycles. The second-order valence-corrected chi connectivity index (χ2v) is 8.05. The van der Waals surface area contributed by atoms with Gasteiger partial charge in [-0.25, -0.2) is 4.68 Å². The third-order valence-electron chi connectivity index (χ3n) is 5.56. The maximum atomic E-state index is 13.1. The molecule has 1 aliphatic heterocycles. The summed E-state index contributed by atoms with van der Waals surface area (Å²) >= 11 is 0. The maximum absolute atomic E-state index is 13.1. The van der Waals surface area contributed by atoms with E-state index in [-0.39, 0.29) is 24.1 Å². The number of carbonyl (C=O) groups excluding carboxylic acids is 3. The molecule has 2 aromatic carbocycles. The summed E-state index contributed by atoms with van der Waals surface area (Å²) in [5, 5.41) is 4.25. The van der Waals surface area contributed by atoms with Crippen LogP contribution in [0.3, 0.4) is 0 Å². The lowest BCUT2D eigenvalue weighted by Gasteiger charge is -2.34. The molecule has 3 aromatic rings. The number of nitrogens with zero attached hydrogens (tertiary/aromatic N) is 3. The van der Waals surface area contributed by atoms with Gasteiger partial charge in [-0.05, 0) is 51.5 Å². The summed E-state index contributed by atoms with van der Waals surface area (Å²) in [4.78, 5) is 40.5. The molecule has 0 saturated carbocycles. The molecule has 32 heavy (non-hydrogen) atoms. The lowest BCUT2D eigenvalue weighted by Crippen LogP contribution is -2.47. The molecule has 7 nitrogen and oxygen atoms in total. The lowest BCUT2D eigenvalue weighted by atomic mass is 10.0. The first-order valence-corrected chi connectivity index (χ1v) is 10.6. The fourth-order valence-corrected chi connectivity index (χ4v) is 3.81. The van der Waals surface area contributed by atoms with Gasteiger partial charge in [-0.3, -0.25) is 19.3 Å². The number of ketones is 1. The zero-order valence-corrected chi connectivity index (χ0v) is 18.6. The minimum Gasteiger partial charge on any atom is -0.478 e. The molecule has 1 aliphatic rings. The van der Waals surface area contributed by atoms with Crippen molar-refractivity contribution in [2.45, 2.75) is 40.2 Å². The molecule has 0 radical (unpaired) electrons. The maximum Gasteiger partial charge on any atom is 0.278 e. The topological polar surface area (TPSA) is 81.5 Å². The number of ether oxygens (including phenoxy) is 1. The summed E-state index contributed by atoms with van der Waals surface area (Å²) in [6, 6.07) is 14.0. The van der Waals surface area contributed by atoms with E-state index in [0.717, 1.165) is 17.0 Å². The smallest absolute Gasteiger partial charge is 0.278 e. The van der Waals surface area contributed by atoms with E-state index in [9.17, 15) is 14.4 Å². The van der Waals surface area contributed by atoms with Crippen LogP contribution in [0.4, 0.5) is 5.69 Å². The van der Waals surface area contributed by atoms with Gasteiger partial charge in [0.15, 0.2) is 11.9 Å². The predicted octanol–water partition coefficient (Wildman–Crippen LogP) is 3.88. The monoisotopic (exact) mass is 431 g/mol. The van der Waals surface area contributed by atoms with Crippen LogP contribution in [0.5, 0.6) is 5.75 Å². The molecule has 1 amide bonds. The van der Waals surface area contributed by atoms with Gasteiger partial charge in [0.1, 0.15) is 5.75 Å². The predicted molar refractivity (Wildman–Crippen MR) is 120 cm³/mol. The van der Waals surface area contributed by atoms with E-state index in [0.29, 0.717) is 29.0 Å². The van der Waals surface area contributed by atoms with E-state index >= 15 is 0 Å². The van der Waals surface area contributed by atoms with Gasteiger partial charge < -0.3 is 4.74 Å². The van der Waals surface area contributed by atoms with Gasteiger partial charge >= 0.3 is 0 Å². The van der Waals surface area contributed by atoms with Crippen LogP contribution in [0.1, 0.15) is 51.0 Å². The van der Waals surface area contributed by atoms with Crippen molar-refractivity contribution in [3.8, 4) is 5.75 Å². The molecule has 0 N–H and O–H groups in total. The third kappa shape index (κ3) is 3.93. The van der Waals surface area contributed by atoms with Crippen LogP contribution in [-0.4, -0.2) is 40.0 Å². The summed E-state index contributed by atoms with van der Waals surface area (Å²) in [6.45, 7) is 7.30. The Morgan fingerprint density at radius 3 is 2.31 bits per heavy atom. The number of Topliss-reactive ketones (excluding diaryl/α,β-unsaturated/α-hetero) is 1. The first-order valence-electron chi connectivity index (χ1n) is 10.6. The Kier molecular flexibility index (Phi) is 5.65. The molecule has 4 rings (SSSR count). The molecule has 0 unspecified atom stereocenters. The highest BCUT2D eigenvalue weighted by Gasteiger charge is 2.35. The molecule has 0 spiro atoms. The van der Waals surface area contributed by atoms with Crippen LogP contribution in [0.15, 0.2) is 48.5 Å². The summed E-state index contributed by atoms with van der Waals surface area (Å²) in [6.07, 6.45) is -0.203. The Labute approximate surface area is 186 Å². The van der Waals surface area contributed by atoms with Crippen molar-refractivity contribution < 1.29 is 19.1 Å². The first-order chi connectivity index (χ1) is 15.3. The number of aryl methyl sites for hydroxylation is 3. The first kappa shape index (κ1) is 21.5. The van der Waals surface area contributed by atoms with Gasteiger partial charge in [-0.1, -0.05) is 36.8 Å². The zero-order valence-electron chi connectivity index (χ0n) is 18.6. The molecule has 7 heteroatoms. The average molecular weight is 431 g/mol. The number of amides is 1. The van der Waals surface area contributed by atoms with Gasteiger partial charge in [0.05, 0.1) is 17.9 Å². The van der Waals surface area contributed by atoms with Gasteiger partial charge in [-0.2, -0.15) is 5.10 Å². The van der Waals surface area contributed by atoms with Crippen molar-refractivity contribution in [2.75, 3.05) is 11.4 Å². The number of hydrogen-bond donors (Lipinski definition) is 0. The Balaban J connectivity index is 1.71. The summed E-state index contributed by atoms with van der Waals surface area (Å²) in [5.41, 5.74) is 3.80. The molecular weight excluding hydrogens is 406 g/mol. The molecule has 0 bridgehead atoms. The number of benzene rings is 2. The van der Waals surface area contributed by atoms with Crippen LogP contribution in [0.2, 0.25) is 0 Å². The van der Waals surface area contributed by atoms with Crippen LogP contribution in [0.25, 0.3) is 0 Å². The largest absolute Gasteiger partial charge is 0.478 e. The number of rotatable bonds is 5. The Bertz CT molecular complexity index is 1210. The van der Waals surface area contributed by atoms with Crippen molar-refractivity contribution in [2.24, 2.45) is 0 Å². The average Bonchev–Trinajstić information content (AvgIpc) is 3.12. The van der Waals surface area contributed by atoms with Crippen LogP contribution < -0.4 is 9.64 Å². The highest BCUT2D eigenvalue weighted by molar-refractivity contribution is 6.09. The van der Waals surface area contributed by atoms with E-state index in [1.54, 1.807) is 37.3 Å². The quantitative estimate of drug-likeness (QED) is 0.573. The highest BCUT2D eigenvalue weighted by Crippen LogP contribution is 2.36. The zero-order chi connectivity index (χ0) is 23.0. The molecule has 164 valence electrons. The summed E-state index contributed by atoms with van der Waals surface area (Å²) in [7, 11) is 0. The minimum absolute atomic E-state index is 0.133. The van der Waals surface area contributed by atoms with Gasteiger partial charge in [0.25, 0.3) is 11.8 Å². The minimum atomic E-state index is -0.675. The number of anilines is 1. The van der Waals surface area contributed by atoms with Crippen molar-refractivity contribution in [3.05, 3.63) is 76.6 Å². The van der Waals surface area contributed by atoms with Gasteiger partial charge in [-0.15, -0.1) is 0 Å². The fraction of sp³-hybridized carbons (Fsp3) is 0.280. The van der Waals surface area contributed by atoms with Crippen molar-refractivity contribution in [3.63, 3.8) is 0 Å². The van der Waals surface area contributed by atoms with Gasteiger partial charge in [0.2, 0.25) is 0 Å². The van der Waals surface area contributed by atoms with Crippen LogP contribution in [0, 0.1) is 20.8 Å². The molecular formula is C25H25N3O4. The SMILES string of the molecule is CC[C@@H]1Oc2ccc(C(=O)n3nc(C)cc3C)cc2N(CC(=O)c2ccc(C)cc2)C1=O. The van der Waals surface area contributed by atoms with Crippen molar-refractivity contribution in [1.29, 1.82) is 0 Å². The molecule has 2 heterocycles. The van der Waals surface area contributed by atoms with Crippen LogP contribution >= 0.6 is 0 Å².